The lowest BCUT2D eigenvalue weighted by Crippen LogP contribution is -2.46. The third-order valence-corrected chi connectivity index (χ3v) is 2.58. The number of hydrogen-bond acceptors (Lipinski definition) is 4. The second-order valence-corrected chi connectivity index (χ2v) is 4.79. The Morgan fingerprint density at radius 3 is 2.75 bits per heavy atom. The van der Waals surface area contributed by atoms with Crippen LogP contribution in [-0.2, 0) is 11.2 Å². The van der Waals surface area contributed by atoms with Crippen LogP contribution in [0.15, 0.2) is 24.5 Å². The molecule has 0 saturated carbocycles. The number of hydrogen-bond donors (Lipinski definition) is 4. The number of nitrogens with one attached hydrogen (secondary N) is 2. The van der Waals surface area contributed by atoms with Crippen LogP contribution in [0, 0.1) is 0 Å². The number of pyridine rings is 1. The van der Waals surface area contributed by atoms with Crippen LogP contribution >= 0.6 is 0 Å². The second-order valence-electron chi connectivity index (χ2n) is 4.79. The molecule has 7 nitrogen and oxygen atoms in total. The number of carbonyl (C=O) groups is 2. The molecule has 1 heterocycles. The smallest absolute Gasteiger partial charge is 0.314 e. The van der Waals surface area contributed by atoms with Gasteiger partial charge in [-0.25, -0.2) is 4.79 Å². The Kier molecular flexibility index (Phi) is 5.92. The van der Waals surface area contributed by atoms with Crippen LogP contribution in [0.1, 0.15) is 18.9 Å². The summed E-state index contributed by atoms with van der Waals surface area (Å²) in [5.41, 5.74) is -0.460. The Morgan fingerprint density at radius 2 is 2.15 bits per heavy atom. The minimum atomic E-state index is -1.47. The maximum absolute atomic E-state index is 11.5. The third kappa shape index (κ3) is 6.69. The molecule has 0 aliphatic heterocycles. The van der Waals surface area contributed by atoms with Gasteiger partial charge in [0.15, 0.2) is 0 Å². The van der Waals surface area contributed by atoms with Crippen LogP contribution in [0.3, 0.4) is 0 Å². The van der Waals surface area contributed by atoms with E-state index < -0.39 is 24.0 Å². The molecule has 1 atom stereocenters. The lowest BCUT2D eigenvalue weighted by Gasteiger charge is -2.21. The molecule has 0 saturated heterocycles. The number of aromatic nitrogens is 1. The van der Waals surface area contributed by atoms with Crippen LogP contribution in [0.2, 0.25) is 0 Å². The summed E-state index contributed by atoms with van der Waals surface area (Å²) in [5, 5.41) is 23.3. The van der Waals surface area contributed by atoms with Crippen molar-refractivity contribution < 1.29 is 19.8 Å². The summed E-state index contributed by atoms with van der Waals surface area (Å²) < 4.78 is 0. The van der Waals surface area contributed by atoms with Crippen molar-refractivity contribution >= 4 is 12.0 Å². The monoisotopic (exact) mass is 281 g/mol. The fourth-order valence-corrected chi connectivity index (χ4v) is 1.59. The number of nitrogens with zero attached hydrogens (tertiary/aromatic N) is 1. The number of carbonyl (C=O) groups excluding carboxylic acids is 1. The van der Waals surface area contributed by atoms with E-state index in [0.29, 0.717) is 13.0 Å². The number of amides is 2. The van der Waals surface area contributed by atoms with Gasteiger partial charge in [0.2, 0.25) is 0 Å². The number of rotatable bonds is 7. The fourth-order valence-electron chi connectivity index (χ4n) is 1.59. The van der Waals surface area contributed by atoms with Crippen LogP contribution < -0.4 is 10.6 Å². The fraction of sp³-hybridized carbons (Fsp3) is 0.462. The predicted octanol–water partition coefficient (Wildman–Crippen LogP) is 0.149. The molecule has 0 radical (unpaired) electrons. The summed E-state index contributed by atoms with van der Waals surface area (Å²) in [6.45, 7) is 1.66. The number of carboxylic acids is 1. The van der Waals surface area contributed by atoms with Gasteiger partial charge in [-0.05, 0) is 25.0 Å². The average molecular weight is 281 g/mol. The van der Waals surface area contributed by atoms with Crippen molar-refractivity contribution in [1.29, 1.82) is 0 Å². The summed E-state index contributed by atoms with van der Waals surface area (Å²) in [7, 11) is 0. The first-order chi connectivity index (χ1) is 9.39. The SMILES string of the molecule is CC(O)(CNC(=O)NCCc1cccnc1)CC(=O)O. The summed E-state index contributed by atoms with van der Waals surface area (Å²) >= 11 is 0. The van der Waals surface area contributed by atoms with Gasteiger partial charge in [0.1, 0.15) is 0 Å². The van der Waals surface area contributed by atoms with Crippen molar-refractivity contribution in [2.45, 2.75) is 25.4 Å². The summed E-state index contributed by atoms with van der Waals surface area (Å²) in [6.07, 6.45) is 3.61. The highest BCUT2D eigenvalue weighted by molar-refractivity contribution is 5.74. The number of aliphatic carboxylic acids is 1. The quantitative estimate of drug-likeness (QED) is 0.568. The van der Waals surface area contributed by atoms with Gasteiger partial charge in [-0.2, -0.15) is 0 Å². The molecule has 7 heteroatoms. The Bertz CT molecular complexity index is 448. The van der Waals surface area contributed by atoms with Crippen molar-refractivity contribution in [3.05, 3.63) is 30.1 Å². The van der Waals surface area contributed by atoms with E-state index in [0.717, 1.165) is 5.56 Å². The topological polar surface area (TPSA) is 112 Å². The Labute approximate surface area is 117 Å². The lowest BCUT2D eigenvalue weighted by molar-refractivity contribution is -0.141. The first kappa shape index (κ1) is 15.9. The normalized spacial score (nSPS) is 13.3. The van der Waals surface area contributed by atoms with Crippen molar-refractivity contribution in [3.63, 3.8) is 0 Å². The molecule has 0 spiro atoms. The van der Waals surface area contributed by atoms with Crippen molar-refractivity contribution in [2.75, 3.05) is 13.1 Å². The van der Waals surface area contributed by atoms with Gasteiger partial charge in [-0.15, -0.1) is 0 Å². The highest BCUT2D eigenvalue weighted by Gasteiger charge is 2.24. The molecule has 0 bridgehead atoms. The van der Waals surface area contributed by atoms with E-state index in [1.54, 1.807) is 12.4 Å². The molecule has 20 heavy (non-hydrogen) atoms. The molecule has 0 aliphatic rings. The summed E-state index contributed by atoms with van der Waals surface area (Å²) in [6, 6.07) is 3.28. The third-order valence-electron chi connectivity index (χ3n) is 2.58. The first-order valence-corrected chi connectivity index (χ1v) is 6.24. The van der Waals surface area contributed by atoms with E-state index in [1.807, 2.05) is 12.1 Å². The molecular formula is C13H19N3O4. The largest absolute Gasteiger partial charge is 0.481 e. The van der Waals surface area contributed by atoms with Gasteiger partial charge in [0, 0.05) is 25.5 Å². The molecule has 110 valence electrons. The minimum Gasteiger partial charge on any atom is -0.481 e. The van der Waals surface area contributed by atoms with Crippen LogP contribution in [-0.4, -0.2) is 45.9 Å². The molecule has 0 fully saturated rings. The second kappa shape index (κ2) is 7.44. The molecule has 1 rings (SSSR count). The summed E-state index contributed by atoms with van der Waals surface area (Å²) in [4.78, 5) is 25.9. The number of carboxylic acid groups (broad SMARTS) is 1. The minimum absolute atomic E-state index is 0.127. The van der Waals surface area contributed by atoms with E-state index in [9.17, 15) is 14.7 Å². The molecular weight excluding hydrogens is 262 g/mol. The van der Waals surface area contributed by atoms with E-state index in [4.69, 9.17) is 5.11 Å². The van der Waals surface area contributed by atoms with Gasteiger partial charge in [-0.3, -0.25) is 9.78 Å². The molecule has 2 amide bonds. The van der Waals surface area contributed by atoms with Crippen LogP contribution in [0.4, 0.5) is 4.79 Å². The molecule has 0 aliphatic carbocycles. The maximum Gasteiger partial charge on any atom is 0.314 e. The molecule has 1 aromatic heterocycles. The van der Waals surface area contributed by atoms with Gasteiger partial charge in [0.25, 0.3) is 0 Å². The molecule has 0 aromatic carbocycles. The van der Waals surface area contributed by atoms with Crippen molar-refractivity contribution in [2.24, 2.45) is 0 Å². The molecule has 4 N–H and O–H groups in total. The van der Waals surface area contributed by atoms with Crippen molar-refractivity contribution in [3.8, 4) is 0 Å². The first-order valence-electron chi connectivity index (χ1n) is 6.24. The predicted molar refractivity (Wildman–Crippen MR) is 72.2 cm³/mol. The maximum atomic E-state index is 11.5. The van der Waals surface area contributed by atoms with Crippen LogP contribution in [0.25, 0.3) is 0 Å². The zero-order valence-corrected chi connectivity index (χ0v) is 11.3. The molecule has 1 aromatic rings. The Hall–Kier alpha value is -2.15. The Morgan fingerprint density at radius 1 is 1.40 bits per heavy atom. The molecule has 1 unspecified atom stereocenters. The highest BCUT2D eigenvalue weighted by atomic mass is 16.4. The number of aliphatic hydroxyl groups is 1. The van der Waals surface area contributed by atoms with E-state index in [-0.39, 0.29) is 6.54 Å². The standard InChI is InChI=1S/C13H19N3O4/c1-13(20,7-11(17)18)9-16-12(19)15-6-4-10-3-2-5-14-8-10/h2-3,5,8,20H,4,6-7,9H2,1H3,(H,17,18)(H2,15,16,19). The number of urea groups is 1. The van der Waals surface area contributed by atoms with Gasteiger partial charge >= 0.3 is 12.0 Å². The lowest BCUT2D eigenvalue weighted by atomic mass is 10.0. The van der Waals surface area contributed by atoms with E-state index >= 15 is 0 Å². The van der Waals surface area contributed by atoms with Gasteiger partial charge in [0.05, 0.1) is 12.0 Å². The zero-order chi connectivity index (χ0) is 15.0. The summed E-state index contributed by atoms with van der Waals surface area (Å²) in [5.74, 6) is -1.12. The average Bonchev–Trinajstić information content (AvgIpc) is 2.36. The van der Waals surface area contributed by atoms with Gasteiger partial charge < -0.3 is 20.8 Å². The zero-order valence-electron chi connectivity index (χ0n) is 11.3. The van der Waals surface area contributed by atoms with Crippen LogP contribution in [0.5, 0.6) is 0 Å². The van der Waals surface area contributed by atoms with E-state index in [1.165, 1.54) is 6.92 Å². The van der Waals surface area contributed by atoms with Gasteiger partial charge in [-0.1, -0.05) is 6.07 Å². The highest BCUT2D eigenvalue weighted by Crippen LogP contribution is 2.07. The van der Waals surface area contributed by atoms with Crippen molar-refractivity contribution in [1.82, 2.24) is 15.6 Å². The van der Waals surface area contributed by atoms with E-state index in [2.05, 4.69) is 15.6 Å². The Balaban J connectivity index is 2.22.